The molecule has 0 aliphatic rings. The highest BCUT2D eigenvalue weighted by atomic mass is 79.9. The molecule has 0 radical (unpaired) electrons. The molecule has 90 valence electrons. The van der Waals surface area contributed by atoms with Crippen molar-refractivity contribution in [1.29, 1.82) is 0 Å². The van der Waals surface area contributed by atoms with Crippen LogP contribution >= 0.6 is 27.5 Å². The van der Waals surface area contributed by atoms with Crippen molar-refractivity contribution in [3.63, 3.8) is 0 Å². The Balaban J connectivity index is 2.55. The highest BCUT2D eigenvalue weighted by molar-refractivity contribution is 9.10. The summed E-state index contributed by atoms with van der Waals surface area (Å²) in [7, 11) is 0. The van der Waals surface area contributed by atoms with E-state index < -0.39 is 0 Å². The molecule has 1 aromatic rings. The van der Waals surface area contributed by atoms with Crippen LogP contribution in [0.3, 0.4) is 0 Å². The Kier molecular flexibility index (Phi) is 5.44. The molecule has 1 rings (SSSR count). The molecule has 0 aliphatic carbocycles. The molecule has 0 amide bonds. The lowest BCUT2D eigenvalue weighted by atomic mass is 10.2. The lowest BCUT2D eigenvalue weighted by Crippen LogP contribution is -2.23. The molecule has 4 nitrogen and oxygen atoms in total. The van der Waals surface area contributed by atoms with Crippen molar-refractivity contribution < 1.29 is 4.74 Å². The zero-order valence-electron chi connectivity index (χ0n) is 9.24. The molecule has 0 bridgehead atoms. The number of halogens is 2. The fourth-order valence-electron chi connectivity index (χ4n) is 1.09. The van der Waals surface area contributed by atoms with E-state index in [9.17, 15) is 4.79 Å². The van der Waals surface area contributed by atoms with Crippen molar-refractivity contribution in [2.45, 2.75) is 20.4 Å². The zero-order valence-corrected chi connectivity index (χ0v) is 11.6. The molecule has 0 spiro atoms. The molecule has 1 aromatic heterocycles. The fourth-order valence-corrected chi connectivity index (χ4v) is 1.54. The van der Waals surface area contributed by atoms with Crippen molar-refractivity contribution in [2.24, 2.45) is 5.92 Å². The molecule has 0 atom stereocenters. The van der Waals surface area contributed by atoms with E-state index in [0.29, 0.717) is 30.1 Å². The molecular weight excluding hydrogens is 295 g/mol. The van der Waals surface area contributed by atoms with E-state index in [0.717, 1.165) is 0 Å². The summed E-state index contributed by atoms with van der Waals surface area (Å²) in [5, 5.41) is 0.185. The van der Waals surface area contributed by atoms with Gasteiger partial charge in [-0.1, -0.05) is 25.4 Å². The minimum Gasteiger partial charge on any atom is -0.379 e. The standard InChI is InChI=1S/C10H14BrClN2O2/c1-7(2)5-16-4-3-14-6-13-9(12)8(11)10(14)15/h6-7H,3-5H2,1-2H3. The van der Waals surface area contributed by atoms with Crippen molar-refractivity contribution in [3.8, 4) is 0 Å². The van der Waals surface area contributed by atoms with Gasteiger partial charge in [0, 0.05) is 6.61 Å². The van der Waals surface area contributed by atoms with Crippen LogP contribution in [0.15, 0.2) is 15.6 Å². The number of aromatic nitrogens is 2. The van der Waals surface area contributed by atoms with Crippen LogP contribution in [0.2, 0.25) is 5.15 Å². The second kappa shape index (κ2) is 6.37. The molecule has 0 aliphatic heterocycles. The molecule has 0 unspecified atom stereocenters. The van der Waals surface area contributed by atoms with Crippen molar-refractivity contribution in [1.82, 2.24) is 9.55 Å². The van der Waals surface area contributed by atoms with Gasteiger partial charge in [-0.2, -0.15) is 0 Å². The Bertz CT molecular complexity index is 406. The molecule has 0 N–H and O–H groups in total. The third-order valence-electron chi connectivity index (χ3n) is 1.87. The molecular formula is C10H14BrClN2O2. The van der Waals surface area contributed by atoms with Crippen molar-refractivity contribution >= 4 is 27.5 Å². The van der Waals surface area contributed by atoms with Crippen molar-refractivity contribution in [3.05, 3.63) is 26.3 Å². The maximum atomic E-state index is 11.7. The van der Waals surface area contributed by atoms with Gasteiger partial charge in [-0.25, -0.2) is 4.98 Å². The summed E-state index contributed by atoms with van der Waals surface area (Å²) in [6.07, 6.45) is 1.42. The van der Waals surface area contributed by atoms with Crippen LogP contribution in [0, 0.1) is 5.92 Å². The Morgan fingerprint density at radius 3 is 2.94 bits per heavy atom. The molecule has 16 heavy (non-hydrogen) atoms. The van der Waals surface area contributed by atoms with Crippen LogP contribution < -0.4 is 5.56 Å². The first-order chi connectivity index (χ1) is 7.52. The SMILES string of the molecule is CC(C)COCCn1cnc(Cl)c(Br)c1=O. The smallest absolute Gasteiger partial charge is 0.269 e. The maximum Gasteiger partial charge on any atom is 0.269 e. The Morgan fingerprint density at radius 2 is 2.31 bits per heavy atom. The van der Waals surface area contributed by atoms with Crippen LogP contribution in [-0.4, -0.2) is 22.8 Å². The van der Waals surface area contributed by atoms with Crippen LogP contribution in [0.25, 0.3) is 0 Å². The largest absolute Gasteiger partial charge is 0.379 e. The number of hydrogen-bond acceptors (Lipinski definition) is 3. The van der Waals surface area contributed by atoms with Crippen molar-refractivity contribution in [2.75, 3.05) is 13.2 Å². The first-order valence-electron chi connectivity index (χ1n) is 5.00. The predicted molar refractivity (Wildman–Crippen MR) is 66.9 cm³/mol. The minimum absolute atomic E-state index is 0.185. The van der Waals surface area contributed by atoms with Gasteiger partial charge in [-0.3, -0.25) is 9.36 Å². The summed E-state index contributed by atoms with van der Waals surface area (Å²) in [5.41, 5.74) is -0.187. The summed E-state index contributed by atoms with van der Waals surface area (Å²) in [4.78, 5) is 15.5. The van der Waals surface area contributed by atoms with E-state index in [-0.39, 0.29) is 10.7 Å². The fraction of sp³-hybridized carbons (Fsp3) is 0.600. The van der Waals surface area contributed by atoms with Crippen LogP contribution in [-0.2, 0) is 11.3 Å². The second-order valence-corrected chi connectivity index (χ2v) is 4.97. The number of ether oxygens (including phenoxy) is 1. The van der Waals surface area contributed by atoms with Gasteiger partial charge in [0.05, 0.1) is 19.5 Å². The summed E-state index contributed by atoms with van der Waals surface area (Å²) >= 11 is 8.78. The van der Waals surface area contributed by atoms with Gasteiger partial charge in [0.15, 0.2) is 5.15 Å². The predicted octanol–water partition coefficient (Wildman–Crippen LogP) is 2.33. The first-order valence-corrected chi connectivity index (χ1v) is 6.17. The first kappa shape index (κ1) is 13.7. The van der Waals surface area contributed by atoms with Gasteiger partial charge in [0.25, 0.3) is 5.56 Å². The van der Waals surface area contributed by atoms with E-state index in [1.165, 1.54) is 10.9 Å². The lowest BCUT2D eigenvalue weighted by molar-refractivity contribution is 0.102. The highest BCUT2D eigenvalue weighted by Gasteiger charge is 2.06. The van der Waals surface area contributed by atoms with Gasteiger partial charge in [0.1, 0.15) is 4.47 Å². The molecule has 6 heteroatoms. The summed E-state index contributed by atoms with van der Waals surface area (Å²) in [6, 6.07) is 0. The lowest BCUT2D eigenvalue weighted by Gasteiger charge is -2.08. The Hall–Kier alpha value is -0.390. The van der Waals surface area contributed by atoms with E-state index in [1.807, 2.05) is 0 Å². The van der Waals surface area contributed by atoms with E-state index in [4.69, 9.17) is 16.3 Å². The van der Waals surface area contributed by atoms with E-state index >= 15 is 0 Å². The third-order valence-corrected chi connectivity index (χ3v) is 3.10. The van der Waals surface area contributed by atoms with Crippen LogP contribution in [0.4, 0.5) is 0 Å². The van der Waals surface area contributed by atoms with Gasteiger partial charge < -0.3 is 4.74 Å². The van der Waals surface area contributed by atoms with Gasteiger partial charge in [-0.05, 0) is 21.8 Å². The van der Waals surface area contributed by atoms with Crippen LogP contribution in [0.1, 0.15) is 13.8 Å². The van der Waals surface area contributed by atoms with E-state index in [2.05, 4.69) is 34.8 Å². The summed E-state index contributed by atoms with van der Waals surface area (Å²) in [6.45, 7) is 5.82. The third kappa shape index (κ3) is 3.88. The molecule has 1 heterocycles. The van der Waals surface area contributed by atoms with Gasteiger partial charge in [-0.15, -0.1) is 0 Å². The normalized spacial score (nSPS) is 11.1. The zero-order chi connectivity index (χ0) is 12.1. The molecule has 0 saturated carbocycles. The second-order valence-electron chi connectivity index (χ2n) is 3.82. The highest BCUT2D eigenvalue weighted by Crippen LogP contribution is 2.13. The quantitative estimate of drug-likeness (QED) is 0.619. The average Bonchev–Trinajstić information content (AvgIpc) is 2.23. The average molecular weight is 310 g/mol. The Labute approximate surface area is 108 Å². The number of nitrogens with zero attached hydrogens (tertiary/aromatic N) is 2. The summed E-state index contributed by atoms with van der Waals surface area (Å²) in [5.74, 6) is 0.492. The Morgan fingerprint density at radius 1 is 1.62 bits per heavy atom. The minimum atomic E-state index is -0.187. The van der Waals surface area contributed by atoms with Crippen LogP contribution in [0.5, 0.6) is 0 Å². The molecule has 0 fully saturated rings. The monoisotopic (exact) mass is 308 g/mol. The molecule has 0 aromatic carbocycles. The van der Waals surface area contributed by atoms with Gasteiger partial charge in [0.2, 0.25) is 0 Å². The van der Waals surface area contributed by atoms with E-state index in [1.54, 1.807) is 0 Å². The summed E-state index contributed by atoms with van der Waals surface area (Å²) < 4.78 is 7.15. The maximum absolute atomic E-state index is 11.7. The van der Waals surface area contributed by atoms with Gasteiger partial charge >= 0.3 is 0 Å². The molecule has 0 saturated heterocycles. The number of rotatable bonds is 5. The number of hydrogen-bond donors (Lipinski definition) is 0. The topological polar surface area (TPSA) is 44.1 Å².